The van der Waals surface area contributed by atoms with Crippen molar-refractivity contribution in [3.63, 3.8) is 0 Å². The Morgan fingerprint density at radius 1 is 1.00 bits per heavy atom. The Labute approximate surface area is 192 Å². The third-order valence-electron chi connectivity index (χ3n) is 4.66. The molecule has 0 bridgehead atoms. The van der Waals surface area contributed by atoms with Gasteiger partial charge in [-0.1, -0.05) is 39.1 Å². The molecule has 2 heterocycles. The number of aromatic nitrogens is 1. The van der Waals surface area contributed by atoms with E-state index in [1.165, 1.54) is 15.6 Å². The predicted octanol–water partition coefficient (Wildman–Crippen LogP) is 5.39. The van der Waals surface area contributed by atoms with Gasteiger partial charge in [0.2, 0.25) is 10.0 Å². The molecule has 1 saturated heterocycles. The number of nitrogens with zero attached hydrogens (tertiary/aromatic N) is 3. The normalized spacial score (nSPS) is 15.6. The second-order valence-corrected chi connectivity index (χ2v) is 11.0. The van der Waals surface area contributed by atoms with Crippen LogP contribution in [0.15, 0.2) is 57.2 Å². The van der Waals surface area contributed by atoms with Crippen LogP contribution in [0.3, 0.4) is 0 Å². The van der Waals surface area contributed by atoms with E-state index in [0.29, 0.717) is 41.1 Å². The summed E-state index contributed by atoms with van der Waals surface area (Å²) in [7, 11) is -3.49. The highest BCUT2D eigenvalue weighted by Gasteiger charge is 2.29. The summed E-state index contributed by atoms with van der Waals surface area (Å²) in [6.45, 7) is 1.98. The first-order valence-corrected chi connectivity index (χ1v) is 12.6. The second-order valence-electron chi connectivity index (χ2n) is 6.48. The number of thiazole rings is 1. The molecule has 29 heavy (non-hydrogen) atoms. The zero-order chi connectivity index (χ0) is 20.6. The lowest BCUT2D eigenvalue weighted by atomic mass is 10.2. The van der Waals surface area contributed by atoms with E-state index in [-0.39, 0.29) is 0 Å². The summed E-state index contributed by atoms with van der Waals surface area (Å²) in [5, 5.41) is 3.94. The van der Waals surface area contributed by atoms with Crippen molar-refractivity contribution in [2.45, 2.75) is 4.90 Å². The topological polar surface area (TPSA) is 53.5 Å². The molecule has 3 aromatic rings. The van der Waals surface area contributed by atoms with Crippen molar-refractivity contribution in [1.29, 1.82) is 0 Å². The number of halogens is 3. The number of sulfonamides is 1. The van der Waals surface area contributed by atoms with Crippen LogP contribution in [0.25, 0.3) is 11.3 Å². The highest BCUT2D eigenvalue weighted by molar-refractivity contribution is 9.10. The van der Waals surface area contributed by atoms with E-state index in [9.17, 15) is 8.42 Å². The number of piperazine rings is 1. The largest absolute Gasteiger partial charge is 0.345 e. The van der Waals surface area contributed by atoms with Gasteiger partial charge in [0.25, 0.3) is 0 Å². The van der Waals surface area contributed by atoms with Crippen LogP contribution in [0.4, 0.5) is 5.13 Å². The first-order valence-electron chi connectivity index (χ1n) is 8.76. The van der Waals surface area contributed by atoms with E-state index in [4.69, 9.17) is 28.2 Å². The first-order chi connectivity index (χ1) is 13.8. The Morgan fingerprint density at radius 3 is 2.34 bits per heavy atom. The molecule has 1 aliphatic heterocycles. The minimum atomic E-state index is -3.49. The number of hydrogen-bond acceptors (Lipinski definition) is 5. The fourth-order valence-electron chi connectivity index (χ4n) is 3.11. The van der Waals surface area contributed by atoms with E-state index in [0.717, 1.165) is 20.9 Å². The van der Waals surface area contributed by atoms with E-state index < -0.39 is 10.0 Å². The SMILES string of the molecule is O=S(=O)(c1ccc(Br)cc1)N1CCN(c2nc(-c3ccc(Cl)cc3Cl)cs2)CC1. The standard InChI is InChI=1S/C19H16BrCl2N3O2S2/c20-13-1-4-15(5-2-13)29(26,27)25-9-7-24(8-10-25)19-23-18(12-28-19)16-6-3-14(21)11-17(16)22/h1-6,11-12H,7-10H2. The van der Waals surface area contributed by atoms with Crippen LogP contribution in [0.2, 0.25) is 10.0 Å². The second kappa shape index (κ2) is 8.53. The average molecular weight is 533 g/mol. The minimum absolute atomic E-state index is 0.308. The van der Waals surface area contributed by atoms with Crippen LogP contribution in [0.1, 0.15) is 0 Å². The maximum absolute atomic E-state index is 12.8. The van der Waals surface area contributed by atoms with Gasteiger partial charge in [-0.2, -0.15) is 4.31 Å². The Balaban J connectivity index is 1.46. The molecule has 0 aliphatic carbocycles. The molecule has 0 radical (unpaired) electrons. The molecule has 4 rings (SSSR count). The third kappa shape index (κ3) is 4.47. The molecule has 5 nitrogen and oxygen atoms in total. The van der Waals surface area contributed by atoms with Gasteiger partial charge in [-0.05, 0) is 42.5 Å². The quantitative estimate of drug-likeness (QED) is 0.452. The van der Waals surface area contributed by atoms with Gasteiger partial charge in [0, 0.05) is 46.6 Å². The summed E-state index contributed by atoms with van der Waals surface area (Å²) in [4.78, 5) is 7.10. The van der Waals surface area contributed by atoms with Crippen LogP contribution in [0, 0.1) is 0 Å². The molecule has 1 aromatic heterocycles. The lowest BCUT2D eigenvalue weighted by Crippen LogP contribution is -2.48. The number of rotatable bonds is 4. The Morgan fingerprint density at radius 2 is 1.69 bits per heavy atom. The molecule has 2 aromatic carbocycles. The van der Waals surface area contributed by atoms with Gasteiger partial charge >= 0.3 is 0 Å². The molecule has 0 N–H and O–H groups in total. The summed E-state index contributed by atoms with van der Waals surface area (Å²) in [5.74, 6) is 0. The molecule has 1 fully saturated rings. The third-order valence-corrected chi connectivity index (χ3v) is 8.55. The molecule has 152 valence electrons. The molecular formula is C19H16BrCl2N3O2S2. The monoisotopic (exact) mass is 531 g/mol. The van der Waals surface area contributed by atoms with Crippen molar-refractivity contribution < 1.29 is 8.42 Å². The molecular weight excluding hydrogens is 517 g/mol. The van der Waals surface area contributed by atoms with Crippen LogP contribution in [-0.4, -0.2) is 43.9 Å². The molecule has 0 saturated carbocycles. The van der Waals surface area contributed by atoms with E-state index >= 15 is 0 Å². The summed E-state index contributed by atoms with van der Waals surface area (Å²) in [5.41, 5.74) is 1.62. The van der Waals surface area contributed by atoms with Gasteiger partial charge in [-0.15, -0.1) is 11.3 Å². The van der Waals surface area contributed by atoms with Crippen LogP contribution in [-0.2, 0) is 10.0 Å². The molecule has 0 unspecified atom stereocenters. The van der Waals surface area contributed by atoms with Crippen molar-refractivity contribution in [1.82, 2.24) is 9.29 Å². The highest BCUT2D eigenvalue weighted by Crippen LogP contribution is 2.34. The van der Waals surface area contributed by atoms with Gasteiger partial charge in [0.15, 0.2) is 5.13 Å². The predicted molar refractivity (Wildman–Crippen MR) is 123 cm³/mol. The van der Waals surface area contributed by atoms with E-state index in [1.807, 2.05) is 11.4 Å². The van der Waals surface area contributed by atoms with Gasteiger partial charge < -0.3 is 4.90 Å². The maximum Gasteiger partial charge on any atom is 0.243 e. The fourth-order valence-corrected chi connectivity index (χ4v) is 6.18. The number of benzene rings is 2. The average Bonchev–Trinajstić information content (AvgIpc) is 3.18. The van der Waals surface area contributed by atoms with Crippen molar-refractivity contribution in [3.8, 4) is 11.3 Å². The Bertz CT molecular complexity index is 1130. The summed E-state index contributed by atoms with van der Waals surface area (Å²) >= 11 is 17.1. The van der Waals surface area contributed by atoms with Crippen molar-refractivity contribution in [2.75, 3.05) is 31.1 Å². The summed E-state index contributed by atoms with van der Waals surface area (Å²) in [6, 6.07) is 12.1. The number of hydrogen-bond donors (Lipinski definition) is 0. The zero-order valence-electron chi connectivity index (χ0n) is 15.1. The molecule has 0 amide bonds. The fraction of sp³-hybridized carbons (Fsp3) is 0.211. The van der Waals surface area contributed by atoms with Gasteiger partial charge in [-0.25, -0.2) is 13.4 Å². The minimum Gasteiger partial charge on any atom is -0.345 e. The van der Waals surface area contributed by atoms with Crippen LogP contribution in [0.5, 0.6) is 0 Å². The molecule has 0 atom stereocenters. The van der Waals surface area contributed by atoms with Crippen molar-refractivity contribution >= 4 is 65.6 Å². The van der Waals surface area contributed by atoms with E-state index in [2.05, 4.69) is 20.8 Å². The van der Waals surface area contributed by atoms with E-state index in [1.54, 1.807) is 36.4 Å². The lowest BCUT2D eigenvalue weighted by molar-refractivity contribution is 0.385. The Hall–Kier alpha value is -1.16. The highest BCUT2D eigenvalue weighted by atomic mass is 79.9. The molecule has 0 spiro atoms. The molecule has 10 heteroatoms. The number of anilines is 1. The Kier molecular flexibility index (Phi) is 6.20. The van der Waals surface area contributed by atoms with Crippen molar-refractivity contribution in [3.05, 3.63) is 62.4 Å². The summed E-state index contributed by atoms with van der Waals surface area (Å²) < 4.78 is 28.1. The van der Waals surface area contributed by atoms with Gasteiger partial charge in [-0.3, -0.25) is 0 Å². The smallest absolute Gasteiger partial charge is 0.243 e. The van der Waals surface area contributed by atoms with Crippen LogP contribution >= 0.6 is 50.5 Å². The van der Waals surface area contributed by atoms with Crippen molar-refractivity contribution in [2.24, 2.45) is 0 Å². The maximum atomic E-state index is 12.8. The zero-order valence-corrected chi connectivity index (χ0v) is 19.8. The van der Waals surface area contributed by atoms with Gasteiger partial charge in [0.1, 0.15) is 0 Å². The molecule has 1 aliphatic rings. The van der Waals surface area contributed by atoms with Gasteiger partial charge in [0.05, 0.1) is 15.6 Å². The van der Waals surface area contributed by atoms with Crippen LogP contribution < -0.4 is 4.90 Å². The summed E-state index contributed by atoms with van der Waals surface area (Å²) in [6.07, 6.45) is 0. The lowest BCUT2D eigenvalue weighted by Gasteiger charge is -2.33. The first kappa shape index (κ1) is 21.1.